The summed E-state index contributed by atoms with van der Waals surface area (Å²) in [4.78, 5) is 28.0. The van der Waals surface area contributed by atoms with E-state index in [0.29, 0.717) is 15.6 Å². The van der Waals surface area contributed by atoms with Gasteiger partial charge in [0.2, 0.25) is 0 Å². The minimum absolute atomic E-state index is 0.201. The highest BCUT2D eigenvalue weighted by Gasteiger charge is 2.37. The first-order valence-electron chi connectivity index (χ1n) is 6.90. The van der Waals surface area contributed by atoms with Gasteiger partial charge in [0.15, 0.2) is 11.5 Å². The molecule has 124 valence electrons. The summed E-state index contributed by atoms with van der Waals surface area (Å²) in [5.41, 5.74) is 1.11. The zero-order valence-corrected chi connectivity index (χ0v) is 14.0. The van der Waals surface area contributed by atoms with Gasteiger partial charge in [-0.15, -0.1) is 11.3 Å². The second kappa shape index (κ2) is 5.99. The van der Waals surface area contributed by atoms with Gasteiger partial charge in [0.1, 0.15) is 5.83 Å². The van der Waals surface area contributed by atoms with Crippen molar-refractivity contribution in [3.63, 3.8) is 0 Å². The topological polar surface area (TPSA) is 87.0 Å². The molecule has 2 heterocycles. The van der Waals surface area contributed by atoms with Crippen molar-refractivity contribution in [3.05, 3.63) is 55.3 Å². The number of aliphatic hydroxyl groups is 1. The summed E-state index contributed by atoms with van der Waals surface area (Å²) in [5.74, 6) is -3.36. The normalized spacial score (nSPS) is 17.4. The van der Waals surface area contributed by atoms with E-state index in [4.69, 9.17) is 16.7 Å². The number of nitrogens with zero attached hydrogens (tertiary/aromatic N) is 1. The lowest BCUT2D eigenvalue weighted by molar-refractivity contribution is -0.136. The Morgan fingerprint density at radius 3 is 2.75 bits per heavy atom. The Balaban J connectivity index is 2.20. The third kappa shape index (κ3) is 2.70. The Bertz CT molecular complexity index is 907. The number of halogens is 2. The molecule has 0 atom stereocenters. The minimum Gasteiger partial charge on any atom is -0.505 e. The summed E-state index contributed by atoms with van der Waals surface area (Å²) in [5, 5.41) is 20.7. The van der Waals surface area contributed by atoms with Crippen LogP contribution in [0.2, 0.25) is 4.34 Å². The molecule has 2 N–H and O–H groups in total. The van der Waals surface area contributed by atoms with Gasteiger partial charge in [-0.3, -0.25) is 14.6 Å². The Morgan fingerprint density at radius 1 is 1.46 bits per heavy atom. The molecular formula is C16H11ClFNO4S. The number of rotatable bonds is 4. The summed E-state index contributed by atoms with van der Waals surface area (Å²) in [6.45, 7) is 1.59. The molecule has 0 bridgehead atoms. The molecule has 0 unspecified atom stereocenters. The van der Waals surface area contributed by atoms with Crippen molar-refractivity contribution in [1.29, 1.82) is 0 Å². The zero-order valence-electron chi connectivity index (χ0n) is 12.4. The van der Waals surface area contributed by atoms with Crippen LogP contribution >= 0.6 is 22.9 Å². The van der Waals surface area contributed by atoms with Crippen LogP contribution in [0, 0.1) is 0 Å². The van der Waals surface area contributed by atoms with Crippen LogP contribution in [-0.4, -0.2) is 27.7 Å². The first-order valence-corrected chi connectivity index (χ1v) is 8.16. The zero-order chi connectivity index (χ0) is 17.6. The number of hydrogen-bond donors (Lipinski definition) is 2. The Hall–Kier alpha value is -2.25. The molecule has 5 nitrogen and oxygen atoms in total. The maximum atomic E-state index is 14.1. The molecule has 0 fully saturated rings. The van der Waals surface area contributed by atoms with Gasteiger partial charge in [-0.05, 0) is 18.6 Å². The van der Waals surface area contributed by atoms with Gasteiger partial charge in [0.05, 0.1) is 22.0 Å². The number of fused-ring (bicyclic) bond motifs is 1. The number of carbonyl (C=O) groups excluding carboxylic acids is 1. The number of ketones is 1. The van der Waals surface area contributed by atoms with E-state index < -0.39 is 23.3 Å². The van der Waals surface area contributed by atoms with Gasteiger partial charge < -0.3 is 10.2 Å². The van der Waals surface area contributed by atoms with Crippen LogP contribution in [0.4, 0.5) is 4.39 Å². The molecule has 0 aromatic carbocycles. The fraction of sp³-hybridized carbons (Fsp3) is 0.188. The summed E-state index contributed by atoms with van der Waals surface area (Å²) in [6, 6.07) is 1.42. The minimum atomic E-state index is -1.10. The summed E-state index contributed by atoms with van der Waals surface area (Å²) in [6.07, 6.45) is -0.646. The largest absolute Gasteiger partial charge is 0.505 e. The number of thiophene rings is 1. The average Bonchev–Trinajstić information content (AvgIpc) is 3.05. The van der Waals surface area contributed by atoms with Gasteiger partial charge in [0, 0.05) is 28.6 Å². The predicted octanol–water partition coefficient (Wildman–Crippen LogP) is 4.23. The van der Waals surface area contributed by atoms with Crippen LogP contribution in [0.15, 0.2) is 50.4 Å². The highest BCUT2D eigenvalue weighted by atomic mass is 35.5. The maximum absolute atomic E-state index is 14.1. The number of carboxylic acids is 1. The average molecular weight is 368 g/mol. The Labute approximate surface area is 145 Å². The molecule has 2 aliphatic rings. The van der Waals surface area contributed by atoms with E-state index in [2.05, 4.69) is 4.99 Å². The Morgan fingerprint density at radius 2 is 2.17 bits per heavy atom. The number of aliphatic imine (C=N–C) groups is 1. The van der Waals surface area contributed by atoms with Gasteiger partial charge in [-0.1, -0.05) is 11.6 Å². The van der Waals surface area contributed by atoms with Crippen LogP contribution in [0.25, 0.3) is 0 Å². The van der Waals surface area contributed by atoms with Crippen molar-refractivity contribution < 1.29 is 24.2 Å². The molecule has 8 heteroatoms. The maximum Gasteiger partial charge on any atom is 0.307 e. The lowest BCUT2D eigenvalue weighted by Crippen LogP contribution is -2.20. The molecule has 0 saturated carbocycles. The highest BCUT2D eigenvalue weighted by Crippen LogP contribution is 2.40. The van der Waals surface area contributed by atoms with Gasteiger partial charge in [-0.25, -0.2) is 4.39 Å². The second-order valence-corrected chi connectivity index (χ2v) is 6.88. The lowest BCUT2D eigenvalue weighted by atomic mass is 9.85. The van der Waals surface area contributed by atoms with Crippen molar-refractivity contribution in [2.75, 3.05) is 0 Å². The molecule has 0 radical (unpaired) electrons. The molecule has 0 spiro atoms. The number of carboxylic acid groups (broad SMARTS) is 1. The van der Waals surface area contributed by atoms with Crippen molar-refractivity contribution in [1.82, 2.24) is 0 Å². The first-order chi connectivity index (χ1) is 11.3. The fourth-order valence-electron chi connectivity index (χ4n) is 2.75. The monoisotopic (exact) mass is 367 g/mol. The van der Waals surface area contributed by atoms with Crippen LogP contribution in [-0.2, 0) is 4.79 Å². The first kappa shape index (κ1) is 16.6. The van der Waals surface area contributed by atoms with Crippen molar-refractivity contribution >= 4 is 40.4 Å². The Kier molecular flexibility index (Phi) is 4.15. The van der Waals surface area contributed by atoms with Gasteiger partial charge in [-0.2, -0.15) is 0 Å². The molecule has 3 rings (SSSR count). The predicted molar refractivity (Wildman–Crippen MR) is 88.5 cm³/mol. The van der Waals surface area contributed by atoms with Crippen LogP contribution < -0.4 is 0 Å². The van der Waals surface area contributed by atoms with Gasteiger partial charge in [0.25, 0.3) is 0 Å². The second-order valence-electron chi connectivity index (χ2n) is 5.34. The third-order valence-electron chi connectivity index (χ3n) is 3.78. The summed E-state index contributed by atoms with van der Waals surface area (Å²) < 4.78 is 14.4. The number of aliphatic carboxylic acids is 1. The van der Waals surface area contributed by atoms with E-state index in [0.717, 1.165) is 11.3 Å². The van der Waals surface area contributed by atoms with Crippen molar-refractivity contribution in [3.8, 4) is 0 Å². The molecular weight excluding hydrogens is 357 g/mol. The van der Waals surface area contributed by atoms with Crippen LogP contribution in [0.5, 0.6) is 0 Å². The smallest absolute Gasteiger partial charge is 0.307 e. The van der Waals surface area contributed by atoms with Crippen molar-refractivity contribution in [2.45, 2.75) is 19.8 Å². The van der Waals surface area contributed by atoms with E-state index in [1.165, 1.54) is 11.4 Å². The van der Waals surface area contributed by atoms with E-state index in [-0.39, 0.29) is 35.3 Å². The molecule has 1 aliphatic carbocycles. The molecule has 1 aromatic heterocycles. The van der Waals surface area contributed by atoms with Crippen molar-refractivity contribution in [2.24, 2.45) is 4.99 Å². The SMILES string of the molecule is CC1=C(CC(=O)O)C2=C(C(=O)c3csc(Cl)c3)C(O)=C(F)CC2=N1. The molecule has 0 saturated heterocycles. The van der Waals surface area contributed by atoms with E-state index in [1.54, 1.807) is 6.92 Å². The van der Waals surface area contributed by atoms with E-state index in [9.17, 15) is 19.1 Å². The molecule has 0 amide bonds. The van der Waals surface area contributed by atoms with Crippen LogP contribution in [0.1, 0.15) is 30.1 Å². The number of allylic oxidation sites excluding steroid dienone is 4. The molecule has 24 heavy (non-hydrogen) atoms. The standard InChI is InChI=1S/C16H11ClFNO4S/c1-6-8(3-12(20)21)13-10(19-6)4-9(18)16(23)14(13)15(22)7-2-11(17)24-5-7/h2,5,23H,3-4H2,1H3,(H,20,21). The molecule has 1 aliphatic heterocycles. The number of Topliss-reactive ketones (excluding diaryl/α,β-unsaturated/α-hetero) is 1. The number of aliphatic hydroxyl groups excluding tert-OH is 1. The molecule has 1 aromatic rings. The van der Waals surface area contributed by atoms with E-state index in [1.807, 2.05) is 0 Å². The van der Waals surface area contributed by atoms with Gasteiger partial charge >= 0.3 is 5.97 Å². The lowest BCUT2D eigenvalue weighted by Gasteiger charge is -2.19. The highest BCUT2D eigenvalue weighted by molar-refractivity contribution is 7.14. The number of hydrogen-bond acceptors (Lipinski definition) is 5. The summed E-state index contributed by atoms with van der Waals surface area (Å²) in [7, 11) is 0. The number of carbonyl (C=O) groups is 2. The van der Waals surface area contributed by atoms with Crippen LogP contribution in [0.3, 0.4) is 0 Å². The summed E-state index contributed by atoms with van der Waals surface area (Å²) >= 11 is 6.96. The quantitative estimate of drug-likeness (QED) is 0.780. The van der Waals surface area contributed by atoms with E-state index >= 15 is 0 Å². The fourth-order valence-corrected chi connectivity index (χ4v) is 3.61. The third-order valence-corrected chi connectivity index (χ3v) is 4.87.